The summed E-state index contributed by atoms with van der Waals surface area (Å²) in [5, 5.41) is 11.6. The first-order valence-electron chi connectivity index (χ1n) is 5.96. The van der Waals surface area contributed by atoms with Gasteiger partial charge < -0.3 is 10.4 Å². The number of rotatable bonds is 3. The number of carboxylic acid groups (broad SMARTS) is 1. The van der Waals surface area contributed by atoms with Crippen molar-refractivity contribution in [1.82, 2.24) is 10.2 Å². The molecule has 0 aliphatic carbocycles. The molecule has 2 rings (SSSR count). The number of carbonyl (C=O) groups is 2. The maximum absolute atomic E-state index is 13.2. The van der Waals surface area contributed by atoms with E-state index in [0.717, 1.165) is 5.56 Å². The standard InChI is InChI=1S/C13H15FN2O3/c1-8-2-3-10(14)4-9(8)6-16-7-12(17)15-5-11(16)13(18)19/h2-4,11H,5-7H2,1H3,(H,15,17)(H,18,19). The zero-order chi connectivity index (χ0) is 14.0. The third-order valence-corrected chi connectivity index (χ3v) is 3.25. The number of nitrogens with zero attached hydrogens (tertiary/aromatic N) is 1. The lowest BCUT2D eigenvalue weighted by molar-refractivity contribution is -0.146. The minimum Gasteiger partial charge on any atom is -0.480 e. The molecule has 1 saturated heterocycles. The quantitative estimate of drug-likeness (QED) is 0.837. The molecule has 1 atom stereocenters. The fraction of sp³-hybridized carbons (Fsp3) is 0.385. The van der Waals surface area contributed by atoms with Crippen molar-refractivity contribution in [3.63, 3.8) is 0 Å². The van der Waals surface area contributed by atoms with E-state index >= 15 is 0 Å². The normalized spacial score (nSPS) is 20.1. The molecule has 0 radical (unpaired) electrons. The van der Waals surface area contributed by atoms with Gasteiger partial charge in [-0.05, 0) is 30.2 Å². The Morgan fingerprint density at radius 3 is 3.00 bits per heavy atom. The highest BCUT2D eigenvalue weighted by Crippen LogP contribution is 2.16. The third kappa shape index (κ3) is 3.08. The van der Waals surface area contributed by atoms with Gasteiger partial charge in [0, 0.05) is 13.1 Å². The fourth-order valence-electron chi connectivity index (χ4n) is 2.13. The second-order valence-corrected chi connectivity index (χ2v) is 4.63. The average Bonchev–Trinajstić information content (AvgIpc) is 2.33. The number of aryl methyl sites for hydroxylation is 1. The number of nitrogens with one attached hydrogen (secondary N) is 1. The second-order valence-electron chi connectivity index (χ2n) is 4.63. The molecule has 1 amide bonds. The van der Waals surface area contributed by atoms with E-state index in [1.807, 2.05) is 6.92 Å². The van der Waals surface area contributed by atoms with Crippen molar-refractivity contribution >= 4 is 11.9 Å². The van der Waals surface area contributed by atoms with Crippen molar-refractivity contribution in [3.05, 3.63) is 35.1 Å². The summed E-state index contributed by atoms with van der Waals surface area (Å²) in [7, 11) is 0. The topological polar surface area (TPSA) is 69.6 Å². The molecular formula is C13H15FN2O3. The highest BCUT2D eigenvalue weighted by Gasteiger charge is 2.31. The molecule has 1 aromatic rings. The van der Waals surface area contributed by atoms with E-state index in [1.54, 1.807) is 11.0 Å². The molecule has 1 heterocycles. The molecule has 0 spiro atoms. The number of hydrogen-bond donors (Lipinski definition) is 2. The van der Waals surface area contributed by atoms with Crippen molar-refractivity contribution in [3.8, 4) is 0 Å². The zero-order valence-corrected chi connectivity index (χ0v) is 10.5. The van der Waals surface area contributed by atoms with E-state index in [4.69, 9.17) is 5.11 Å². The number of carboxylic acids is 1. The predicted molar refractivity (Wildman–Crippen MR) is 66.0 cm³/mol. The molecule has 19 heavy (non-hydrogen) atoms. The number of benzene rings is 1. The van der Waals surface area contributed by atoms with Gasteiger partial charge in [0.15, 0.2) is 0 Å². The summed E-state index contributed by atoms with van der Waals surface area (Å²) in [5.74, 6) is -1.57. The molecular weight excluding hydrogens is 251 g/mol. The summed E-state index contributed by atoms with van der Waals surface area (Å²) in [6, 6.07) is 3.60. The Hall–Kier alpha value is -1.95. The van der Waals surface area contributed by atoms with Crippen LogP contribution < -0.4 is 5.32 Å². The molecule has 1 aliphatic rings. The van der Waals surface area contributed by atoms with E-state index in [9.17, 15) is 14.0 Å². The van der Waals surface area contributed by atoms with E-state index < -0.39 is 12.0 Å². The number of carbonyl (C=O) groups excluding carboxylic acids is 1. The molecule has 1 aliphatic heterocycles. The lowest BCUT2D eigenvalue weighted by atomic mass is 10.1. The van der Waals surface area contributed by atoms with Gasteiger partial charge in [-0.25, -0.2) is 4.39 Å². The highest BCUT2D eigenvalue weighted by atomic mass is 19.1. The lowest BCUT2D eigenvalue weighted by Crippen LogP contribution is -2.57. The third-order valence-electron chi connectivity index (χ3n) is 3.25. The van der Waals surface area contributed by atoms with E-state index in [2.05, 4.69) is 5.32 Å². The van der Waals surface area contributed by atoms with Gasteiger partial charge in [-0.3, -0.25) is 14.5 Å². The van der Waals surface area contributed by atoms with Crippen LogP contribution in [0.5, 0.6) is 0 Å². The zero-order valence-electron chi connectivity index (χ0n) is 10.5. The molecule has 0 bridgehead atoms. The van der Waals surface area contributed by atoms with Gasteiger partial charge >= 0.3 is 5.97 Å². The van der Waals surface area contributed by atoms with Crippen molar-refractivity contribution in [2.75, 3.05) is 13.1 Å². The van der Waals surface area contributed by atoms with Crippen LogP contribution in [-0.2, 0) is 16.1 Å². The molecule has 2 N–H and O–H groups in total. The number of halogens is 1. The highest BCUT2D eigenvalue weighted by molar-refractivity contribution is 5.83. The monoisotopic (exact) mass is 266 g/mol. The van der Waals surface area contributed by atoms with Crippen molar-refractivity contribution in [2.24, 2.45) is 0 Å². The van der Waals surface area contributed by atoms with E-state index in [0.29, 0.717) is 5.56 Å². The van der Waals surface area contributed by atoms with Crippen molar-refractivity contribution < 1.29 is 19.1 Å². The van der Waals surface area contributed by atoms with Gasteiger partial charge in [0.05, 0.1) is 6.54 Å². The minimum absolute atomic E-state index is 0.00687. The number of hydrogen-bond acceptors (Lipinski definition) is 3. The predicted octanol–water partition coefficient (Wildman–Crippen LogP) is 0.519. The van der Waals surface area contributed by atoms with Crippen LogP contribution in [-0.4, -0.2) is 41.0 Å². The number of amides is 1. The van der Waals surface area contributed by atoms with Gasteiger partial charge in [-0.15, -0.1) is 0 Å². The van der Waals surface area contributed by atoms with E-state index in [1.165, 1.54) is 12.1 Å². The molecule has 1 aromatic carbocycles. The lowest BCUT2D eigenvalue weighted by Gasteiger charge is -2.32. The van der Waals surface area contributed by atoms with Crippen LogP contribution in [0.25, 0.3) is 0 Å². The van der Waals surface area contributed by atoms with Crippen molar-refractivity contribution in [1.29, 1.82) is 0 Å². The summed E-state index contributed by atoms with van der Waals surface area (Å²) in [4.78, 5) is 24.1. The van der Waals surface area contributed by atoms with Crippen LogP contribution in [0, 0.1) is 12.7 Å². The molecule has 1 fully saturated rings. The summed E-state index contributed by atoms with van der Waals surface area (Å²) in [6.07, 6.45) is 0. The Labute approximate surface area is 110 Å². The molecule has 0 aromatic heterocycles. The van der Waals surface area contributed by atoms with Gasteiger partial charge in [0.25, 0.3) is 0 Å². The van der Waals surface area contributed by atoms with Crippen molar-refractivity contribution in [2.45, 2.75) is 19.5 Å². The van der Waals surface area contributed by atoms with Gasteiger partial charge in [0.1, 0.15) is 11.9 Å². The summed E-state index contributed by atoms with van der Waals surface area (Å²) < 4.78 is 13.2. The molecule has 6 heteroatoms. The summed E-state index contributed by atoms with van der Waals surface area (Å²) in [5.41, 5.74) is 1.57. The Balaban J connectivity index is 2.20. The smallest absolute Gasteiger partial charge is 0.322 e. The first-order valence-corrected chi connectivity index (χ1v) is 5.96. The fourth-order valence-corrected chi connectivity index (χ4v) is 2.13. The Morgan fingerprint density at radius 2 is 2.32 bits per heavy atom. The summed E-state index contributed by atoms with van der Waals surface area (Å²) >= 11 is 0. The number of aliphatic carboxylic acids is 1. The molecule has 0 saturated carbocycles. The van der Waals surface area contributed by atoms with Crippen LogP contribution in [0.15, 0.2) is 18.2 Å². The van der Waals surface area contributed by atoms with E-state index in [-0.39, 0.29) is 31.4 Å². The largest absolute Gasteiger partial charge is 0.480 e. The molecule has 102 valence electrons. The summed E-state index contributed by atoms with van der Waals surface area (Å²) in [6.45, 7) is 2.15. The van der Waals surface area contributed by atoms with Crippen LogP contribution in [0.3, 0.4) is 0 Å². The Kier molecular flexibility index (Phi) is 3.80. The average molecular weight is 266 g/mol. The van der Waals surface area contributed by atoms with Gasteiger partial charge in [-0.1, -0.05) is 6.07 Å². The van der Waals surface area contributed by atoms with Crippen LogP contribution >= 0.6 is 0 Å². The van der Waals surface area contributed by atoms with Gasteiger partial charge in [-0.2, -0.15) is 0 Å². The first kappa shape index (κ1) is 13.5. The molecule has 1 unspecified atom stereocenters. The Bertz CT molecular complexity index is 519. The Morgan fingerprint density at radius 1 is 1.58 bits per heavy atom. The second kappa shape index (κ2) is 5.36. The maximum atomic E-state index is 13.2. The van der Waals surface area contributed by atoms with Crippen LogP contribution in [0.4, 0.5) is 4.39 Å². The minimum atomic E-state index is -0.992. The maximum Gasteiger partial charge on any atom is 0.322 e. The SMILES string of the molecule is Cc1ccc(F)cc1CN1CC(=O)NCC1C(=O)O. The molecule has 5 nitrogen and oxygen atoms in total. The van der Waals surface area contributed by atoms with Crippen LogP contribution in [0.2, 0.25) is 0 Å². The number of piperazine rings is 1. The first-order chi connectivity index (χ1) is 8.97. The van der Waals surface area contributed by atoms with Gasteiger partial charge in [0.2, 0.25) is 5.91 Å². The van der Waals surface area contributed by atoms with Crippen LogP contribution in [0.1, 0.15) is 11.1 Å².